The Bertz CT molecular complexity index is 95.4. The number of nitrogens with one attached hydrogen (secondary N) is 1. The first-order chi connectivity index (χ1) is 5.21. The fraction of sp³-hybridized carbons (Fsp3) is 1.00. The van der Waals surface area contributed by atoms with Gasteiger partial charge in [0, 0.05) is 6.54 Å². The van der Waals surface area contributed by atoms with Crippen LogP contribution in [0.5, 0.6) is 0 Å². The molecule has 0 spiro atoms. The van der Waals surface area contributed by atoms with Gasteiger partial charge in [-0.3, -0.25) is 0 Å². The quantitative estimate of drug-likeness (QED) is 0.567. The molecule has 0 amide bonds. The van der Waals surface area contributed by atoms with Gasteiger partial charge < -0.3 is 5.32 Å². The van der Waals surface area contributed by atoms with Crippen molar-refractivity contribution < 1.29 is 0 Å². The third kappa shape index (κ3) is 3.76. The summed E-state index contributed by atoms with van der Waals surface area (Å²) in [5.74, 6) is 0. The van der Waals surface area contributed by atoms with Gasteiger partial charge in [-0.25, -0.2) is 0 Å². The molecule has 0 saturated carbocycles. The third-order valence-corrected chi connectivity index (χ3v) is 2.56. The van der Waals surface area contributed by atoms with E-state index in [0.717, 1.165) is 0 Å². The molecule has 0 aliphatic carbocycles. The van der Waals surface area contributed by atoms with Crippen LogP contribution in [0.15, 0.2) is 0 Å². The molecular weight excluding hydrogens is 134 g/mol. The molecule has 1 heterocycles. The van der Waals surface area contributed by atoms with Gasteiger partial charge in [0.15, 0.2) is 0 Å². The Kier molecular flexibility index (Phi) is 3.38. The van der Waals surface area contributed by atoms with E-state index in [2.05, 4.69) is 19.2 Å². The van der Waals surface area contributed by atoms with E-state index >= 15 is 0 Å². The summed E-state index contributed by atoms with van der Waals surface area (Å²) in [7, 11) is 0. The van der Waals surface area contributed by atoms with Gasteiger partial charge in [0.05, 0.1) is 0 Å². The van der Waals surface area contributed by atoms with E-state index in [4.69, 9.17) is 0 Å². The molecule has 66 valence electrons. The summed E-state index contributed by atoms with van der Waals surface area (Å²) in [6, 6.07) is 0. The largest absolute Gasteiger partial charge is 0.316 e. The van der Waals surface area contributed by atoms with Crippen LogP contribution in [0.1, 0.15) is 46.0 Å². The second-order valence-electron chi connectivity index (χ2n) is 4.51. The lowest BCUT2D eigenvalue weighted by molar-refractivity contribution is 0.312. The Labute approximate surface area is 70.6 Å². The van der Waals surface area contributed by atoms with Gasteiger partial charge in [0.25, 0.3) is 0 Å². The van der Waals surface area contributed by atoms with Gasteiger partial charge in [-0.2, -0.15) is 0 Å². The highest BCUT2D eigenvalue weighted by atomic mass is 14.9. The van der Waals surface area contributed by atoms with E-state index in [1.54, 1.807) is 0 Å². The van der Waals surface area contributed by atoms with Gasteiger partial charge in [0.1, 0.15) is 0 Å². The second-order valence-corrected chi connectivity index (χ2v) is 4.51. The van der Waals surface area contributed by atoms with Crippen molar-refractivity contribution in [1.82, 2.24) is 5.32 Å². The molecule has 1 aliphatic rings. The molecule has 1 aliphatic heterocycles. The van der Waals surface area contributed by atoms with Crippen molar-refractivity contribution in [3.63, 3.8) is 0 Å². The van der Waals surface area contributed by atoms with Crippen LogP contribution in [0.3, 0.4) is 0 Å². The predicted octanol–water partition coefficient (Wildman–Crippen LogP) is 2.57. The second kappa shape index (κ2) is 4.10. The molecule has 1 nitrogen and oxygen atoms in total. The number of hydrogen-bond donors (Lipinski definition) is 1. The SMILES string of the molecule is CC1(C)CCCCCCNC1. The molecule has 1 saturated heterocycles. The van der Waals surface area contributed by atoms with E-state index < -0.39 is 0 Å². The zero-order valence-corrected chi connectivity index (χ0v) is 7.95. The Morgan fingerprint density at radius 2 is 1.73 bits per heavy atom. The zero-order chi connectivity index (χ0) is 8.16. The Morgan fingerprint density at radius 3 is 2.55 bits per heavy atom. The fourth-order valence-corrected chi connectivity index (χ4v) is 1.72. The molecule has 0 radical (unpaired) electrons. The molecule has 11 heavy (non-hydrogen) atoms. The van der Waals surface area contributed by atoms with Gasteiger partial charge in [-0.05, 0) is 24.8 Å². The first kappa shape index (κ1) is 9.05. The van der Waals surface area contributed by atoms with Gasteiger partial charge in [-0.1, -0.05) is 33.1 Å². The molecule has 1 N–H and O–H groups in total. The summed E-state index contributed by atoms with van der Waals surface area (Å²) in [6.07, 6.45) is 7.04. The molecule has 1 heteroatoms. The Hall–Kier alpha value is -0.0400. The molecule has 0 aromatic rings. The van der Waals surface area contributed by atoms with E-state index in [-0.39, 0.29) is 0 Å². The van der Waals surface area contributed by atoms with Crippen LogP contribution in [0.4, 0.5) is 0 Å². The minimum absolute atomic E-state index is 0.532. The van der Waals surface area contributed by atoms with Crippen LogP contribution in [0.2, 0.25) is 0 Å². The van der Waals surface area contributed by atoms with Crippen molar-refractivity contribution in [3.8, 4) is 0 Å². The average molecular weight is 155 g/mol. The first-order valence-corrected chi connectivity index (χ1v) is 4.91. The van der Waals surface area contributed by atoms with Crippen LogP contribution in [0.25, 0.3) is 0 Å². The van der Waals surface area contributed by atoms with E-state index in [1.807, 2.05) is 0 Å². The Morgan fingerprint density at radius 1 is 1.00 bits per heavy atom. The molecule has 0 aromatic carbocycles. The molecular formula is C10H21N. The van der Waals surface area contributed by atoms with Crippen molar-refractivity contribution in [2.45, 2.75) is 46.0 Å². The highest BCUT2D eigenvalue weighted by Crippen LogP contribution is 2.23. The molecule has 1 fully saturated rings. The minimum atomic E-state index is 0.532. The maximum Gasteiger partial charge on any atom is 0.000252 e. The Balaban J connectivity index is 2.31. The summed E-state index contributed by atoms with van der Waals surface area (Å²) in [5, 5.41) is 3.52. The van der Waals surface area contributed by atoms with Crippen molar-refractivity contribution in [2.24, 2.45) is 5.41 Å². The van der Waals surface area contributed by atoms with E-state index in [1.165, 1.54) is 45.2 Å². The molecule has 1 rings (SSSR count). The minimum Gasteiger partial charge on any atom is -0.316 e. The third-order valence-electron chi connectivity index (χ3n) is 2.56. The lowest BCUT2D eigenvalue weighted by Crippen LogP contribution is -2.29. The van der Waals surface area contributed by atoms with Crippen molar-refractivity contribution in [1.29, 1.82) is 0 Å². The summed E-state index contributed by atoms with van der Waals surface area (Å²) in [4.78, 5) is 0. The van der Waals surface area contributed by atoms with Crippen LogP contribution >= 0.6 is 0 Å². The van der Waals surface area contributed by atoms with Gasteiger partial charge in [0.2, 0.25) is 0 Å². The van der Waals surface area contributed by atoms with Crippen molar-refractivity contribution in [2.75, 3.05) is 13.1 Å². The summed E-state index contributed by atoms with van der Waals surface area (Å²) in [5.41, 5.74) is 0.532. The maximum absolute atomic E-state index is 3.52. The van der Waals surface area contributed by atoms with Gasteiger partial charge in [-0.15, -0.1) is 0 Å². The topological polar surface area (TPSA) is 12.0 Å². The van der Waals surface area contributed by atoms with Crippen molar-refractivity contribution in [3.05, 3.63) is 0 Å². The lowest BCUT2D eigenvalue weighted by atomic mass is 9.87. The predicted molar refractivity (Wildman–Crippen MR) is 49.7 cm³/mol. The van der Waals surface area contributed by atoms with Crippen LogP contribution in [-0.2, 0) is 0 Å². The standard InChI is InChI=1S/C10H21N/c1-10(2)7-5-3-4-6-8-11-9-10/h11H,3-9H2,1-2H3. The zero-order valence-electron chi connectivity index (χ0n) is 7.95. The highest BCUT2D eigenvalue weighted by molar-refractivity contribution is 4.72. The monoisotopic (exact) mass is 155 g/mol. The smallest absolute Gasteiger partial charge is 0.000252 e. The van der Waals surface area contributed by atoms with Gasteiger partial charge >= 0.3 is 0 Å². The first-order valence-electron chi connectivity index (χ1n) is 4.91. The van der Waals surface area contributed by atoms with E-state index in [0.29, 0.717) is 5.41 Å². The van der Waals surface area contributed by atoms with E-state index in [9.17, 15) is 0 Å². The highest BCUT2D eigenvalue weighted by Gasteiger charge is 2.17. The maximum atomic E-state index is 3.52. The number of hydrogen-bond acceptors (Lipinski definition) is 1. The molecule has 0 aromatic heterocycles. The molecule has 0 unspecified atom stereocenters. The number of rotatable bonds is 0. The summed E-state index contributed by atoms with van der Waals surface area (Å²) >= 11 is 0. The van der Waals surface area contributed by atoms with Crippen molar-refractivity contribution >= 4 is 0 Å². The van der Waals surface area contributed by atoms with Crippen LogP contribution in [-0.4, -0.2) is 13.1 Å². The lowest BCUT2D eigenvalue weighted by Gasteiger charge is -2.23. The average Bonchev–Trinajstić information content (AvgIpc) is 2.00. The fourth-order valence-electron chi connectivity index (χ4n) is 1.72. The van der Waals surface area contributed by atoms with Crippen LogP contribution < -0.4 is 5.32 Å². The molecule has 0 atom stereocenters. The molecule has 0 bridgehead atoms. The van der Waals surface area contributed by atoms with Crippen LogP contribution in [0, 0.1) is 5.41 Å². The normalized spacial score (nSPS) is 26.7. The summed E-state index contributed by atoms with van der Waals surface area (Å²) in [6.45, 7) is 7.16. The summed E-state index contributed by atoms with van der Waals surface area (Å²) < 4.78 is 0.